The van der Waals surface area contributed by atoms with Gasteiger partial charge in [0.05, 0.1) is 0 Å². The van der Waals surface area contributed by atoms with E-state index in [2.05, 4.69) is 98.8 Å². The van der Waals surface area contributed by atoms with Crippen LogP contribution in [0.4, 0.5) is 0 Å². The van der Waals surface area contributed by atoms with Crippen LogP contribution < -0.4 is 0 Å². The third-order valence-corrected chi connectivity index (χ3v) is 3.74. The number of rotatable bonds is 3. The lowest BCUT2D eigenvalue weighted by atomic mass is 10.1. The molecule has 0 N–H and O–H groups in total. The predicted octanol–water partition coefficient (Wildman–Crippen LogP) is 5.83. The van der Waals surface area contributed by atoms with Gasteiger partial charge >= 0.3 is 0 Å². The Labute approximate surface area is 134 Å². The Morgan fingerprint density at radius 2 is 1.05 bits per heavy atom. The number of aryl methyl sites for hydroxylation is 2. The Kier molecular flexibility index (Phi) is 6.44. The molecular formula is C22H24. The maximum absolute atomic E-state index is 2.18. The highest BCUT2D eigenvalue weighted by Crippen LogP contribution is 2.08. The van der Waals surface area contributed by atoms with Gasteiger partial charge in [-0.25, -0.2) is 0 Å². The first-order chi connectivity index (χ1) is 10.8. The molecule has 0 atom stereocenters. The average molecular weight is 288 g/mol. The van der Waals surface area contributed by atoms with Gasteiger partial charge in [-0.05, 0) is 42.0 Å². The van der Waals surface area contributed by atoms with Crippen LogP contribution in [0.5, 0.6) is 0 Å². The summed E-state index contributed by atoms with van der Waals surface area (Å²) in [6.45, 7) is 4.33. The zero-order valence-corrected chi connectivity index (χ0v) is 13.5. The van der Waals surface area contributed by atoms with Gasteiger partial charge in [-0.2, -0.15) is 0 Å². The molecule has 0 unspecified atom stereocenters. The molecule has 22 heavy (non-hydrogen) atoms. The zero-order chi connectivity index (χ0) is 15.6. The van der Waals surface area contributed by atoms with Gasteiger partial charge in [0, 0.05) is 0 Å². The monoisotopic (exact) mass is 288 g/mol. The third-order valence-electron chi connectivity index (χ3n) is 3.74. The van der Waals surface area contributed by atoms with Crippen LogP contribution in [0.25, 0.3) is 0 Å². The molecule has 0 radical (unpaired) electrons. The van der Waals surface area contributed by atoms with E-state index in [4.69, 9.17) is 0 Å². The summed E-state index contributed by atoms with van der Waals surface area (Å²) < 4.78 is 0. The maximum Gasteiger partial charge on any atom is -0.00258 e. The zero-order valence-electron chi connectivity index (χ0n) is 13.5. The largest absolute Gasteiger partial charge is 0.0622 e. The van der Waals surface area contributed by atoms with Gasteiger partial charge in [0.1, 0.15) is 0 Å². The van der Waals surface area contributed by atoms with Crippen LogP contribution in [0.1, 0.15) is 29.2 Å². The van der Waals surface area contributed by atoms with E-state index in [1.54, 1.807) is 0 Å². The van der Waals surface area contributed by atoms with E-state index >= 15 is 0 Å². The van der Waals surface area contributed by atoms with Gasteiger partial charge in [0.25, 0.3) is 0 Å². The molecule has 0 aliphatic carbocycles. The van der Waals surface area contributed by atoms with Crippen molar-refractivity contribution in [2.75, 3.05) is 0 Å². The normalized spacial score (nSPS) is 9.73. The number of benzene rings is 3. The van der Waals surface area contributed by atoms with Gasteiger partial charge in [-0.1, -0.05) is 91.9 Å². The van der Waals surface area contributed by atoms with Crippen molar-refractivity contribution in [3.05, 3.63) is 107 Å². The van der Waals surface area contributed by atoms with Crippen LogP contribution in [-0.2, 0) is 12.8 Å². The highest BCUT2D eigenvalue weighted by atomic mass is 14.0. The topological polar surface area (TPSA) is 0 Å². The van der Waals surface area contributed by atoms with E-state index in [0.717, 1.165) is 12.8 Å². The first-order valence-corrected chi connectivity index (χ1v) is 7.92. The van der Waals surface area contributed by atoms with Gasteiger partial charge in [-0.15, -0.1) is 0 Å². The van der Waals surface area contributed by atoms with Crippen molar-refractivity contribution in [2.24, 2.45) is 0 Å². The van der Waals surface area contributed by atoms with Crippen molar-refractivity contribution >= 4 is 0 Å². The summed E-state index contributed by atoms with van der Waals surface area (Å²) in [4.78, 5) is 0. The Morgan fingerprint density at radius 3 is 1.45 bits per heavy atom. The summed E-state index contributed by atoms with van der Waals surface area (Å²) in [6, 6.07) is 29.6. The molecule has 0 saturated heterocycles. The molecule has 0 amide bonds. The fourth-order valence-corrected chi connectivity index (χ4v) is 2.43. The average Bonchev–Trinajstić information content (AvgIpc) is 2.58. The molecule has 0 bridgehead atoms. The van der Waals surface area contributed by atoms with Crippen LogP contribution in [0.3, 0.4) is 0 Å². The third kappa shape index (κ3) is 5.21. The first-order valence-electron chi connectivity index (χ1n) is 7.92. The molecule has 0 fully saturated rings. The highest BCUT2D eigenvalue weighted by molar-refractivity contribution is 5.26. The second-order valence-corrected chi connectivity index (χ2v) is 5.43. The quantitative estimate of drug-likeness (QED) is 0.568. The lowest BCUT2D eigenvalue weighted by molar-refractivity contribution is 1.11. The molecule has 0 heterocycles. The fourth-order valence-electron chi connectivity index (χ4n) is 2.43. The van der Waals surface area contributed by atoms with Crippen molar-refractivity contribution in [1.82, 2.24) is 0 Å². The van der Waals surface area contributed by atoms with Gasteiger partial charge in [-0.3, -0.25) is 0 Å². The second kappa shape index (κ2) is 8.84. The van der Waals surface area contributed by atoms with Crippen molar-refractivity contribution in [1.29, 1.82) is 0 Å². The Morgan fingerprint density at radius 1 is 0.591 bits per heavy atom. The van der Waals surface area contributed by atoms with Crippen LogP contribution >= 0.6 is 0 Å². The lowest BCUT2D eigenvalue weighted by Crippen LogP contribution is -1.85. The van der Waals surface area contributed by atoms with Gasteiger partial charge in [0.15, 0.2) is 0 Å². The highest BCUT2D eigenvalue weighted by Gasteiger charge is 1.92. The standard InChI is InChI=1S/C13H12.C9H12/c1-3-7-12(8-4-1)11-13-9-5-2-6-10-13;1-3-9-7-5-4-6-8(9)2/h1-10H,11H2;4-7H,3H2,1-2H3. The van der Waals surface area contributed by atoms with Crippen molar-refractivity contribution in [3.8, 4) is 0 Å². The second-order valence-electron chi connectivity index (χ2n) is 5.43. The first kappa shape index (κ1) is 16.0. The van der Waals surface area contributed by atoms with E-state index in [-0.39, 0.29) is 0 Å². The summed E-state index contributed by atoms with van der Waals surface area (Å²) in [5.74, 6) is 0. The summed E-state index contributed by atoms with van der Waals surface area (Å²) in [7, 11) is 0. The van der Waals surface area contributed by atoms with Gasteiger partial charge < -0.3 is 0 Å². The summed E-state index contributed by atoms with van der Waals surface area (Å²) in [6.07, 6.45) is 2.17. The van der Waals surface area contributed by atoms with E-state index in [1.807, 2.05) is 0 Å². The molecule has 0 nitrogen and oxygen atoms in total. The molecule has 112 valence electrons. The van der Waals surface area contributed by atoms with Crippen LogP contribution in [0, 0.1) is 6.92 Å². The number of hydrogen-bond donors (Lipinski definition) is 0. The molecule has 0 heteroatoms. The van der Waals surface area contributed by atoms with E-state index in [9.17, 15) is 0 Å². The molecule has 0 aromatic heterocycles. The van der Waals surface area contributed by atoms with Crippen molar-refractivity contribution in [3.63, 3.8) is 0 Å². The Hall–Kier alpha value is -2.34. The molecule has 0 saturated carbocycles. The minimum absolute atomic E-state index is 1.03. The maximum atomic E-state index is 2.18. The molecule has 0 aliphatic heterocycles. The summed E-state index contributed by atoms with van der Waals surface area (Å²) in [5.41, 5.74) is 5.60. The van der Waals surface area contributed by atoms with Crippen LogP contribution in [-0.4, -0.2) is 0 Å². The van der Waals surface area contributed by atoms with E-state index in [1.165, 1.54) is 22.3 Å². The molecule has 3 aromatic rings. The molecule has 0 aliphatic rings. The SMILES string of the molecule is CCc1ccccc1C.c1ccc(Cc2ccccc2)cc1. The minimum atomic E-state index is 1.03. The van der Waals surface area contributed by atoms with E-state index in [0.29, 0.717) is 0 Å². The Bertz CT molecular complexity index is 616. The predicted molar refractivity (Wildman–Crippen MR) is 96.2 cm³/mol. The molecular weight excluding hydrogens is 264 g/mol. The molecule has 3 aromatic carbocycles. The van der Waals surface area contributed by atoms with Crippen LogP contribution in [0.15, 0.2) is 84.9 Å². The minimum Gasteiger partial charge on any atom is -0.0622 e. The van der Waals surface area contributed by atoms with Gasteiger partial charge in [0.2, 0.25) is 0 Å². The fraction of sp³-hybridized carbons (Fsp3) is 0.182. The Balaban J connectivity index is 0.000000172. The van der Waals surface area contributed by atoms with Crippen LogP contribution in [0.2, 0.25) is 0 Å². The smallest absolute Gasteiger partial charge is 0.00258 e. The lowest BCUT2D eigenvalue weighted by Gasteiger charge is -2.00. The molecule has 0 spiro atoms. The molecule has 3 rings (SSSR count). The number of hydrogen-bond acceptors (Lipinski definition) is 0. The summed E-state index contributed by atoms with van der Waals surface area (Å²) >= 11 is 0. The summed E-state index contributed by atoms with van der Waals surface area (Å²) in [5, 5.41) is 0. The van der Waals surface area contributed by atoms with E-state index < -0.39 is 0 Å². The van der Waals surface area contributed by atoms with Crippen molar-refractivity contribution < 1.29 is 0 Å². The van der Waals surface area contributed by atoms with Crippen molar-refractivity contribution in [2.45, 2.75) is 26.7 Å².